The van der Waals surface area contributed by atoms with Crippen LogP contribution in [-0.4, -0.2) is 24.0 Å². The monoisotopic (exact) mass is 388 g/mol. The topological polar surface area (TPSA) is 44.6 Å². The lowest BCUT2D eigenvalue weighted by molar-refractivity contribution is 0.442. The van der Waals surface area contributed by atoms with Gasteiger partial charge in [-0.2, -0.15) is 0 Å². The van der Waals surface area contributed by atoms with Crippen molar-refractivity contribution < 1.29 is 5.11 Å². The number of aliphatic imine (C=N–C) groups is 1. The van der Waals surface area contributed by atoms with Crippen LogP contribution in [0.3, 0.4) is 0 Å². The standard InChI is InChI=1S/C16H24N2O.HI/c1-10-8-13(16(3,4)5)15(19)11(2)12(10)9-14-17-6-7-18-14;/h8,19H,6-7,9H2,1-5H3,(H,17,18);1H. The second-order valence-electron chi connectivity index (χ2n) is 6.38. The molecule has 1 aromatic rings. The van der Waals surface area contributed by atoms with Gasteiger partial charge in [-0.25, -0.2) is 0 Å². The highest BCUT2D eigenvalue weighted by atomic mass is 127. The van der Waals surface area contributed by atoms with E-state index in [1.165, 1.54) is 11.1 Å². The van der Waals surface area contributed by atoms with Crippen LogP contribution in [0.1, 0.15) is 43.0 Å². The number of aryl methyl sites for hydroxylation is 1. The fourth-order valence-corrected chi connectivity index (χ4v) is 2.59. The fourth-order valence-electron chi connectivity index (χ4n) is 2.59. The Morgan fingerprint density at radius 1 is 1.30 bits per heavy atom. The molecule has 0 radical (unpaired) electrons. The largest absolute Gasteiger partial charge is 0.507 e. The molecule has 1 aromatic carbocycles. The van der Waals surface area contributed by atoms with Gasteiger partial charge in [-0.05, 0) is 41.5 Å². The summed E-state index contributed by atoms with van der Waals surface area (Å²) in [6.45, 7) is 12.3. The molecule has 0 aromatic heterocycles. The lowest BCUT2D eigenvalue weighted by Gasteiger charge is -2.24. The molecular formula is C16H25IN2O. The third-order valence-electron chi connectivity index (χ3n) is 3.80. The van der Waals surface area contributed by atoms with E-state index in [0.29, 0.717) is 5.75 Å². The number of benzene rings is 1. The first-order valence-corrected chi connectivity index (χ1v) is 6.90. The third kappa shape index (κ3) is 3.45. The first-order chi connectivity index (χ1) is 8.80. The van der Waals surface area contributed by atoms with E-state index in [1.54, 1.807) is 0 Å². The molecule has 0 bridgehead atoms. The molecule has 20 heavy (non-hydrogen) atoms. The van der Waals surface area contributed by atoms with E-state index in [4.69, 9.17) is 0 Å². The Morgan fingerprint density at radius 3 is 2.45 bits per heavy atom. The van der Waals surface area contributed by atoms with Gasteiger partial charge in [0.2, 0.25) is 0 Å². The molecule has 1 aliphatic rings. The van der Waals surface area contributed by atoms with Crippen LogP contribution in [0.5, 0.6) is 5.75 Å². The van der Waals surface area contributed by atoms with Gasteiger partial charge < -0.3 is 10.4 Å². The highest BCUT2D eigenvalue weighted by Crippen LogP contribution is 2.36. The van der Waals surface area contributed by atoms with Crippen LogP contribution in [0.2, 0.25) is 0 Å². The summed E-state index contributed by atoms with van der Waals surface area (Å²) >= 11 is 0. The van der Waals surface area contributed by atoms with E-state index in [1.807, 2.05) is 6.92 Å². The fraction of sp³-hybridized carbons (Fsp3) is 0.562. The van der Waals surface area contributed by atoms with Crippen molar-refractivity contribution in [1.82, 2.24) is 5.32 Å². The predicted octanol–water partition coefficient (Wildman–Crippen LogP) is 3.47. The molecule has 0 aliphatic carbocycles. The number of aromatic hydroxyl groups is 1. The molecule has 0 saturated heterocycles. The Balaban J connectivity index is 0.00000200. The molecule has 4 heteroatoms. The van der Waals surface area contributed by atoms with Crippen LogP contribution in [0.25, 0.3) is 0 Å². The molecule has 1 heterocycles. The van der Waals surface area contributed by atoms with Crippen LogP contribution in [0, 0.1) is 13.8 Å². The van der Waals surface area contributed by atoms with Crippen molar-refractivity contribution in [3.05, 3.63) is 28.3 Å². The Kier molecular flexibility index (Phi) is 5.46. The van der Waals surface area contributed by atoms with Crippen molar-refractivity contribution in [3.63, 3.8) is 0 Å². The summed E-state index contributed by atoms with van der Waals surface area (Å²) in [7, 11) is 0. The number of phenolic OH excluding ortho intramolecular Hbond substituents is 1. The first kappa shape index (κ1) is 17.3. The molecule has 0 amide bonds. The summed E-state index contributed by atoms with van der Waals surface area (Å²) in [5.74, 6) is 1.47. The smallest absolute Gasteiger partial charge is 0.122 e. The van der Waals surface area contributed by atoms with E-state index in [0.717, 1.165) is 36.5 Å². The summed E-state index contributed by atoms with van der Waals surface area (Å²) < 4.78 is 0. The molecule has 0 spiro atoms. The predicted molar refractivity (Wildman–Crippen MR) is 95.7 cm³/mol. The van der Waals surface area contributed by atoms with E-state index >= 15 is 0 Å². The van der Waals surface area contributed by atoms with Gasteiger partial charge in [0.05, 0.1) is 6.54 Å². The van der Waals surface area contributed by atoms with Crippen molar-refractivity contribution in [3.8, 4) is 5.75 Å². The normalized spacial score (nSPS) is 14.6. The van der Waals surface area contributed by atoms with Crippen molar-refractivity contribution in [2.24, 2.45) is 4.99 Å². The number of nitrogens with one attached hydrogen (secondary N) is 1. The van der Waals surface area contributed by atoms with E-state index < -0.39 is 0 Å². The van der Waals surface area contributed by atoms with Crippen LogP contribution in [0.15, 0.2) is 11.1 Å². The van der Waals surface area contributed by atoms with Crippen LogP contribution in [-0.2, 0) is 11.8 Å². The number of phenols is 1. The molecule has 112 valence electrons. The molecule has 0 saturated carbocycles. The second-order valence-corrected chi connectivity index (χ2v) is 6.38. The molecule has 1 aliphatic heterocycles. The molecule has 0 unspecified atom stereocenters. The highest BCUT2D eigenvalue weighted by Gasteiger charge is 2.22. The van der Waals surface area contributed by atoms with Crippen molar-refractivity contribution in [2.45, 2.75) is 46.5 Å². The number of hydrogen-bond donors (Lipinski definition) is 2. The van der Waals surface area contributed by atoms with Gasteiger partial charge in [0.1, 0.15) is 11.6 Å². The van der Waals surface area contributed by atoms with Crippen molar-refractivity contribution in [2.75, 3.05) is 13.1 Å². The SMILES string of the molecule is Cc1cc(C(C)(C)C)c(O)c(C)c1CC1=NCCN1.I. The maximum absolute atomic E-state index is 10.5. The maximum Gasteiger partial charge on any atom is 0.122 e. The number of nitrogens with zero attached hydrogens (tertiary/aromatic N) is 1. The summed E-state index contributed by atoms with van der Waals surface area (Å²) in [5, 5.41) is 13.7. The first-order valence-electron chi connectivity index (χ1n) is 6.90. The second kappa shape index (κ2) is 6.33. The highest BCUT2D eigenvalue weighted by molar-refractivity contribution is 14.0. The maximum atomic E-state index is 10.5. The number of halogens is 1. The van der Waals surface area contributed by atoms with Gasteiger partial charge in [0, 0.05) is 13.0 Å². The van der Waals surface area contributed by atoms with Gasteiger partial charge in [-0.15, -0.1) is 24.0 Å². The molecule has 2 rings (SSSR count). The number of rotatable bonds is 2. The third-order valence-corrected chi connectivity index (χ3v) is 3.80. The lowest BCUT2D eigenvalue weighted by Crippen LogP contribution is -2.22. The Morgan fingerprint density at radius 2 is 1.95 bits per heavy atom. The molecule has 2 N–H and O–H groups in total. The molecule has 3 nitrogen and oxygen atoms in total. The van der Waals surface area contributed by atoms with Gasteiger partial charge in [0.25, 0.3) is 0 Å². The Labute approximate surface area is 138 Å². The van der Waals surface area contributed by atoms with Crippen molar-refractivity contribution >= 4 is 29.8 Å². The zero-order valence-corrected chi connectivity index (χ0v) is 15.3. The van der Waals surface area contributed by atoms with Gasteiger partial charge >= 0.3 is 0 Å². The minimum absolute atomic E-state index is 0. The average molecular weight is 388 g/mol. The van der Waals surface area contributed by atoms with Gasteiger partial charge in [-0.3, -0.25) is 4.99 Å². The molecule has 0 fully saturated rings. The van der Waals surface area contributed by atoms with Crippen LogP contribution in [0.4, 0.5) is 0 Å². The summed E-state index contributed by atoms with van der Waals surface area (Å²) in [4.78, 5) is 4.44. The van der Waals surface area contributed by atoms with Gasteiger partial charge in [0.15, 0.2) is 0 Å². The van der Waals surface area contributed by atoms with E-state index in [9.17, 15) is 5.11 Å². The molecule has 0 atom stereocenters. The Bertz CT molecular complexity index is 530. The van der Waals surface area contributed by atoms with Crippen LogP contribution >= 0.6 is 24.0 Å². The van der Waals surface area contributed by atoms with E-state index in [-0.39, 0.29) is 29.4 Å². The van der Waals surface area contributed by atoms with Crippen LogP contribution < -0.4 is 5.32 Å². The quantitative estimate of drug-likeness (QED) is 0.763. The summed E-state index contributed by atoms with van der Waals surface area (Å²) in [5.41, 5.74) is 4.39. The zero-order chi connectivity index (χ0) is 14.2. The Hall–Kier alpha value is -0.780. The number of amidine groups is 1. The zero-order valence-electron chi connectivity index (χ0n) is 13.0. The average Bonchev–Trinajstić information content (AvgIpc) is 2.80. The number of hydrogen-bond acceptors (Lipinski definition) is 3. The van der Waals surface area contributed by atoms with Gasteiger partial charge in [-0.1, -0.05) is 26.8 Å². The minimum Gasteiger partial charge on any atom is -0.507 e. The molecular weight excluding hydrogens is 363 g/mol. The lowest BCUT2D eigenvalue weighted by atomic mass is 9.82. The van der Waals surface area contributed by atoms with E-state index in [2.05, 4.69) is 44.1 Å². The summed E-state index contributed by atoms with van der Waals surface area (Å²) in [6, 6.07) is 2.12. The summed E-state index contributed by atoms with van der Waals surface area (Å²) in [6.07, 6.45) is 0.787. The minimum atomic E-state index is -0.0404. The van der Waals surface area contributed by atoms with Crippen molar-refractivity contribution in [1.29, 1.82) is 0 Å².